The SMILES string of the molecule is Cc1ccc(NS(=O)(=O)c2cc(C(=O)Nc3ccc(S(=O)(=O)Nc4ccc(Br)cc4)cc3)ccc2C)cc1C. The molecular formula is C28H26BrN3O5S2. The molecule has 0 heterocycles. The number of anilines is 3. The van der Waals surface area contributed by atoms with Gasteiger partial charge in [-0.1, -0.05) is 28.1 Å². The maximum Gasteiger partial charge on any atom is 0.262 e. The van der Waals surface area contributed by atoms with Crippen molar-refractivity contribution in [3.05, 3.63) is 112 Å². The minimum absolute atomic E-state index is 0.0181. The lowest BCUT2D eigenvalue weighted by Gasteiger charge is -2.13. The van der Waals surface area contributed by atoms with Crippen LogP contribution in [0.3, 0.4) is 0 Å². The van der Waals surface area contributed by atoms with Gasteiger partial charge in [-0.05, 0) is 110 Å². The van der Waals surface area contributed by atoms with E-state index in [1.54, 1.807) is 49.4 Å². The first-order valence-electron chi connectivity index (χ1n) is 11.7. The standard InChI is InChI=1S/C28H26BrN3O5S2/c1-18-5-9-25(16-20(18)3)32-39(36,37)27-17-21(6-4-19(27)2)28(33)30-23-12-14-26(15-13-23)38(34,35)31-24-10-7-22(29)8-11-24/h4-17,31-32H,1-3H3,(H,30,33). The van der Waals surface area contributed by atoms with Gasteiger partial charge in [0.15, 0.2) is 0 Å². The third-order valence-corrected chi connectivity index (χ3v) is 9.47. The van der Waals surface area contributed by atoms with Gasteiger partial charge in [0.05, 0.1) is 9.79 Å². The van der Waals surface area contributed by atoms with Crippen LogP contribution in [0.25, 0.3) is 0 Å². The molecule has 3 N–H and O–H groups in total. The van der Waals surface area contributed by atoms with Gasteiger partial charge in [-0.15, -0.1) is 0 Å². The normalized spacial score (nSPS) is 11.6. The van der Waals surface area contributed by atoms with Crippen LogP contribution in [0.1, 0.15) is 27.0 Å². The quantitative estimate of drug-likeness (QED) is 0.214. The minimum Gasteiger partial charge on any atom is -0.322 e. The molecule has 8 nitrogen and oxygen atoms in total. The Morgan fingerprint density at radius 3 is 1.82 bits per heavy atom. The van der Waals surface area contributed by atoms with E-state index in [4.69, 9.17) is 0 Å². The molecule has 0 aromatic heterocycles. The van der Waals surface area contributed by atoms with Gasteiger partial charge in [-0.2, -0.15) is 0 Å². The molecule has 0 fully saturated rings. The molecule has 202 valence electrons. The molecule has 0 saturated heterocycles. The summed E-state index contributed by atoms with van der Waals surface area (Å²) >= 11 is 3.30. The first-order chi connectivity index (χ1) is 18.3. The van der Waals surface area contributed by atoms with Crippen LogP contribution in [0, 0.1) is 20.8 Å². The summed E-state index contributed by atoms with van der Waals surface area (Å²) in [6.07, 6.45) is 0. The highest BCUT2D eigenvalue weighted by Gasteiger charge is 2.20. The van der Waals surface area contributed by atoms with Crippen molar-refractivity contribution >= 4 is 58.9 Å². The first kappa shape index (κ1) is 28.3. The molecule has 0 radical (unpaired) electrons. The molecular weight excluding hydrogens is 602 g/mol. The minimum atomic E-state index is -3.96. The van der Waals surface area contributed by atoms with Gasteiger partial charge in [0, 0.05) is 27.1 Å². The molecule has 0 aliphatic heterocycles. The zero-order valence-electron chi connectivity index (χ0n) is 21.3. The number of aryl methyl sites for hydroxylation is 3. The highest BCUT2D eigenvalue weighted by molar-refractivity contribution is 9.10. The average Bonchev–Trinajstić information content (AvgIpc) is 2.88. The summed E-state index contributed by atoms with van der Waals surface area (Å²) in [6, 6.07) is 22.0. The zero-order chi connectivity index (χ0) is 28.4. The summed E-state index contributed by atoms with van der Waals surface area (Å²) < 4.78 is 57.5. The number of hydrogen-bond donors (Lipinski definition) is 3. The average molecular weight is 629 g/mol. The van der Waals surface area contributed by atoms with Gasteiger partial charge in [0.25, 0.3) is 26.0 Å². The van der Waals surface area contributed by atoms with E-state index >= 15 is 0 Å². The van der Waals surface area contributed by atoms with Crippen molar-refractivity contribution in [1.29, 1.82) is 0 Å². The highest BCUT2D eigenvalue weighted by atomic mass is 79.9. The second-order valence-electron chi connectivity index (χ2n) is 8.98. The topological polar surface area (TPSA) is 121 Å². The Kier molecular flexibility index (Phi) is 8.15. The fourth-order valence-electron chi connectivity index (χ4n) is 3.70. The van der Waals surface area contributed by atoms with Gasteiger partial charge < -0.3 is 5.32 Å². The van der Waals surface area contributed by atoms with E-state index in [1.165, 1.54) is 36.4 Å². The van der Waals surface area contributed by atoms with E-state index in [-0.39, 0.29) is 15.4 Å². The number of halogens is 1. The molecule has 0 unspecified atom stereocenters. The van der Waals surface area contributed by atoms with Crippen molar-refractivity contribution in [2.24, 2.45) is 0 Å². The molecule has 0 aliphatic rings. The Bertz CT molecular complexity index is 1750. The molecule has 0 aliphatic carbocycles. The Morgan fingerprint density at radius 1 is 0.615 bits per heavy atom. The van der Waals surface area contributed by atoms with Crippen molar-refractivity contribution < 1.29 is 21.6 Å². The van der Waals surface area contributed by atoms with Crippen LogP contribution in [-0.2, 0) is 20.0 Å². The van der Waals surface area contributed by atoms with Crippen LogP contribution in [-0.4, -0.2) is 22.7 Å². The number of hydrogen-bond acceptors (Lipinski definition) is 5. The van der Waals surface area contributed by atoms with Crippen LogP contribution < -0.4 is 14.8 Å². The third-order valence-electron chi connectivity index (χ3n) is 6.02. The molecule has 0 saturated carbocycles. The van der Waals surface area contributed by atoms with Crippen LogP contribution in [0.5, 0.6) is 0 Å². The Hall–Kier alpha value is -3.67. The van der Waals surface area contributed by atoms with Gasteiger partial charge in [0.2, 0.25) is 0 Å². The molecule has 0 bridgehead atoms. The van der Waals surface area contributed by atoms with E-state index < -0.39 is 26.0 Å². The van der Waals surface area contributed by atoms with Crippen molar-refractivity contribution in [2.45, 2.75) is 30.6 Å². The highest BCUT2D eigenvalue weighted by Crippen LogP contribution is 2.24. The number of carbonyl (C=O) groups excluding carboxylic acids is 1. The van der Waals surface area contributed by atoms with E-state index in [2.05, 4.69) is 30.7 Å². The van der Waals surface area contributed by atoms with Gasteiger partial charge in [-0.3, -0.25) is 14.2 Å². The molecule has 4 aromatic carbocycles. The lowest BCUT2D eigenvalue weighted by atomic mass is 10.1. The number of benzene rings is 4. The predicted molar refractivity (Wildman–Crippen MR) is 157 cm³/mol. The van der Waals surface area contributed by atoms with Crippen molar-refractivity contribution in [2.75, 3.05) is 14.8 Å². The molecule has 11 heteroatoms. The lowest BCUT2D eigenvalue weighted by molar-refractivity contribution is 0.102. The Morgan fingerprint density at radius 2 is 1.18 bits per heavy atom. The molecule has 4 aromatic rings. The van der Waals surface area contributed by atoms with E-state index in [0.717, 1.165) is 15.6 Å². The predicted octanol–water partition coefficient (Wildman–Crippen LogP) is 6.23. The monoisotopic (exact) mass is 627 g/mol. The van der Waals surface area contributed by atoms with Crippen molar-refractivity contribution in [1.82, 2.24) is 0 Å². The van der Waals surface area contributed by atoms with Crippen molar-refractivity contribution in [3.63, 3.8) is 0 Å². The largest absolute Gasteiger partial charge is 0.322 e. The maximum atomic E-state index is 13.1. The second kappa shape index (κ2) is 11.2. The fourth-order valence-corrected chi connectivity index (χ4v) is 6.34. The number of amides is 1. The molecule has 0 spiro atoms. The fraction of sp³-hybridized carbons (Fsp3) is 0.107. The lowest BCUT2D eigenvalue weighted by Crippen LogP contribution is -2.17. The first-order valence-corrected chi connectivity index (χ1v) is 15.5. The summed E-state index contributed by atoms with van der Waals surface area (Å²) in [4.78, 5) is 12.9. The second-order valence-corrected chi connectivity index (χ2v) is 13.2. The van der Waals surface area contributed by atoms with E-state index in [1.807, 2.05) is 19.9 Å². The summed E-state index contributed by atoms with van der Waals surface area (Å²) in [5.74, 6) is -0.541. The number of nitrogens with one attached hydrogen (secondary N) is 3. The number of rotatable bonds is 8. The van der Waals surface area contributed by atoms with Crippen molar-refractivity contribution in [3.8, 4) is 0 Å². The van der Waals surface area contributed by atoms with Crippen LogP contribution in [0.15, 0.2) is 99.2 Å². The zero-order valence-corrected chi connectivity index (χ0v) is 24.5. The van der Waals surface area contributed by atoms with E-state index in [0.29, 0.717) is 22.6 Å². The molecule has 0 atom stereocenters. The molecule has 4 rings (SSSR count). The van der Waals surface area contributed by atoms with Crippen LogP contribution in [0.4, 0.5) is 17.1 Å². The van der Waals surface area contributed by atoms with Gasteiger partial charge in [0.1, 0.15) is 0 Å². The maximum absolute atomic E-state index is 13.1. The van der Waals surface area contributed by atoms with Crippen LogP contribution >= 0.6 is 15.9 Å². The summed E-state index contributed by atoms with van der Waals surface area (Å²) in [7, 11) is -7.79. The summed E-state index contributed by atoms with van der Waals surface area (Å²) in [5.41, 5.74) is 3.79. The number of sulfonamides is 2. The summed E-state index contributed by atoms with van der Waals surface area (Å²) in [5, 5.41) is 2.68. The molecule has 39 heavy (non-hydrogen) atoms. The van der Waals surface area contributed by atoms with Gasteiger partial charge >= 0.3 is 0 Å². The third kappa shape index (κ3) is 6.86. The van der Waals surface area contributed by atoms with Gasteiger partial charge in [-0.25, -0.2) is 16.8 Å². The van der Waals surface area contributed by atoms with E-state index in [9.17, 15) is 21.6 Å². The Labute approximate surface area is 236 Å². The molecule has 1 amide bonds. The van der Waals surface area contributed by atoms with Crippen LogP contribution in [0.2, 0.25) is 0 Å². The number of carbonyl (C=O) groups is 1. The smallest absolute Gasteiger partial charge is 0.262 e. The Balaban J connectivity index is 1.49. The summed E-state index contributed by atoms with van der Waals surface area (Å²) in [6.45, 7) is 5.48.